The molecule has 40 heavy (non-hydrogen) atoms. The third-order valence-corrected chi connectivity index (χ3v) is 8.11. The van der Waals surface area contributed by atoms with Crippen molar-refractivity contribution in [3.8, 4) is 0 Å². The standard InChI is InChI=1S/C31H45N3O6/c1-21(26-11-6-7-16-32-26)9-8-10-22(2)29-23(3)12-13-25(27-20-33(5)17-18-34(27)30(37)38)31(4,39)15-14-24(35)19-28(36)40-29/h6-13,16,21,23-25,27,29,35,39H,14-15,17-20H2,1-5H3,(H,37,38)/b9-8+,13-12+,22-10+/t21-,23+,24-,25+,27-,29?,31-/m1/s1. The number of amides is 1. The Kier molecular flexibility index (Phi) is 11.1. The lowest BCUT2D eigenvalue weighted by molar-refractivity contribution is -0.151. The molecule has 0 saturated carbocycles. The van der Waals surface area contributed by atoms with Gasteiger partial charge in [-0.05, 0) is 51.4 Å². The summed E-state index contributed by atoms with van der Waals surface area (Å²) in [7, 11) is 1.94. The van der Waals surface area contributed by atoms with E-state index in [4.69, 9.17) is 4.74 Å². The van der Waals surface area contributed by atoms with Crippen molar-refractivity contribution in [1.29, 1.82) is 0 Å². The number of aromatic nitrogens is 1. The summed E-state index contributed by atoms with van der Waals surface area (Å²) in [6.07, 6.45) is 9.06. The molecule has 0 bridgehead atoms. The highest BCUT2D eigenvalue weighted by molar-refractivity contribution is 5.70. The number of hydrogen-bond donors (Lipinski definition) is 3. The van der Waals surface area contributed by atoms with Crippen LogP contribution in [0.4, 0.5) is 4.79 Å². The van der Waals surface area contributed by atoms with E-state index in [1.165, 1.54) is 4.90 Å². The molecular weight excluding hydrogens is 510 g/mol. The topological polar surface area (TPSA) is 123 Å². The molecule has 1 fully saturated rings. The van der Waals surface area contributed by atoms with Gasteiger partial charge in [0.2, 0.25) is 0 Å². The largest absolute Gasteiger partial charge is 0.465 e. The summed E-state index contributed by atoms with van der Waals surface area (Å²) in [5, 5.41) is 32.1. The van der Waals surface area contributed by atoms with Gasteiger partial charge in [-0.2, -0.15) is 0 Å². The second-order valence-electron chi connectivity index (χ2n) is 11.6. The first-order valence-corrected chi connectivity index (χ1v) is 14.1. The van der Waals surface area contributed by atoms with Crippen LogP contribution >= 0.6 is 0 Å². The maximum Gasteiger partial charge on any atom is 0.407 e. The average Bonchev–Trinajstić information content (AvgIpc) is 2.90. The van der Waals surface area contributed by atoms with Gasteiger partial charge in [-0.25, -0.2) is 4.79 Å². The minimum absolute atomic E-state index is 0.102. The van der Waals surface area contributed by atoms with Crippen molar-refractivity contribution in [3.63, 3.8) is 0 Å². The lowest BCUT2D eigenvalue weighted by atomic mass is 9.77. The van der Waals surface area contributed by atoms with Gasteiger partial charge in [0.1, 0.15) is 6.10 Å². The number of carbonyl (C=O) groups is 2. The van der Waals surface area contributed by atoms with Crippen LogP contribution in [0.3, 0.4) is 0 Å². The average molecular weight is 556 g/mol. The Morgan fingerprint density at radius 1 is 1.27 bits per heavy atom. The molecule has 3 N–H and O–H groups in total. The lowest BCUT2D eigenvalue weighted by Gasteiger charge is -2.46. The number of rotatable bonds is 5. The van der Waals surface area contributed by atoms with Crippen LogP contribution in [0.15, 0.2) is 60.3 Å². The molecule has 9 nitrogen and oxygen atoms in total. The maximum atomic E-state index is 12.8. The van der Waals surface area contributed by atoms with Crippen LogP contribution in [-0.2, 0) is 9.53 Å². The van der Waals surface area contributed by atoms with E-state index >= 15 is 0 Å². The van der Waals surface area contributed by atoms with Gasteiger partial charge < -0.3 is 29.9 Å². The van der Waals surface area contributed by atoms with Crippen molar-refractivity contribution >= 4 is 12.1 Å². The van der Waals surface area contributed by atoms with Crippen molar-refractivity contribution < 1.29 is 29.6 Å². The molecule has 2 aliphatic rings. The maximum absolute atomic E-state index is 12.8. The third kappa shape index (κ3) is 8.49. The molecule has 3 heterocycles. The molecule has 1 aromatic heterocycles. The number of likely N-dealkylation sites (N-methyl/N-ethyl adjacent to an activating group) is 1. The number of aliphatic hydroxyl groups excluding tert-OH is 1. The molecule has 3 rings (SSSR count). The highest BCUT2D eigenvalue weighted by atomic mass is 16.5. The van der Waals surface area contributed by atoms with E-state index in [0.29, 0.717) is 19.6 Å². The molecule has 1 saturated heterocycles. The van der Waals surface area contributed by atoms with Crippen LogP contribution < -0.4 is 0 Å². The van der Waals surface area contributed by atoms with E-state index in [9.17, 15) is 24.9 Å². The van der Waals surface area contributed by atoms with E-state index < -0.39 is 41.8 Å². The zero-order chi connectivity index (χ0) is 29.4. The molecule has 1 unspecified atom stereocenters. The summed E-state index contributed by atoms with van der Waals surface area (Å²) in [6, 6.07) is 5.33. The molecule has 0 aromatic carbocycles. The normalized spacial score (nSPS) is 33.1. The van der Waals surface area contributed by atoms with Gasteiger partial charge in [0.15, 0.2) is 0 Å². The summed E-state index contributed by atoms with van der Waals surface area (Å²) < 4.78 is 5.88. The highest BCUT2D eigenvalue weighted by Gasteiger charge is 2.43. The Morgan fingerprint density at radius 2 is 2.02 bits per heavy atom. The van der Waals surface area contributed by atoms with E-state index in [0.717, 1.165) is 11.3 Å². The summed E-state index contributed by atoms with van der Waals surface area (Å²) in [6.45, 7) is 9.02. The van der Waals surface area contributed by atoms with Gasteiger partial charge in [0.25, 0.3) is 0 Å². The summed E-state index contributed by atoms with van der Waals surface area (Å²) in [5.41, 5.74) is 0.477. The number of allylic oxidation sites excluding steroid dienone is 3. The molecule has 1 amide bonds. The number of carboxylic acid groups (broad SMARTS) is 1. The zero-order valence-electron chi connectivity index (χ0n) is 24.3. The first-order chi connectivity index (χ1) is 18.9. The number of nitrogens with zero attached hydrogens (tertiary/aromatic N) is 3. The smallest absolute Gasteiger partial charge is 0.407 e. The number of piperazine rings is 1. The Balaban J connectivity index is 1.92. The second kappa shape index (κ2) is 14.1. The molecule has 220 valence electrons. The van der Waals surface area contributed by atoms with Crippen molar-refractivity contribution in [3.05, 3.63) is 66.0 Å². The summed E-state index contributed by atoms with van der Waals surface area (Å²) >= 11 is 0. The van der Waals surface area contributed by atoms with E-state index in [1.54, 1.807) is 13.1 Å². The fourth-order valence-corrected chi connectivity index (χ4v) is 5.58. The van der Waals surface area contributed by atoms with Crippen LogP contribution in [-0.4, -0.2) is 92.7 Å². The Labute approximate surface area is 237 Å². The van der Waals surface area contributed by atoms with E-state index in [2.05, 4.69) is 16.8 Å². The van der Waals surface area contributed by atoms with Crippen molar-refractivity contribution in [1.82, 2.24) is 14.8 Å². The van der Waals surface area contributed by atoms with Gasteiger partial charge in [0.05, 0.1) is 24.2 Å². The fraction of sp³-hybridized carbons (Fsp3) is 0.581. The Hall–Kier alpha value is -3.01. The predicted octanol–water partition coefficient (Wildman–Crippen LogP) is 4.00. The fourth-order valence-electron chi connectivity index (χ4n) is 5.58. The number of carbonyl (C=O) groups excluding carboxylic acids is 1. The summed E-state index contributed by atoms with van der Waals surface area (Å²) in [5.74, 6) is -1.19. The minimum atomic E-state index is -1.30. The van der Waals surface area contributed by atoms with Crippen LogP contribution in [0.1, 0.15) is 58.6 Å². The Bertz CT molecular complexity index is 1090. The molecule has 9 heteroatoms. The van der Waals surface area contributed by atoms with E-state index in [-0.39, 0.29) is 31.1 Å². The van der Waals surface area contributed by atoms with Gasteiger partial charge in [-0.15, -0.1) is 0 Å². The van der Waals surface area contributed by atoms with Crippen LogP contribution in [0.25, 0.3) is 0 Å². The molecule has 1 aromatic rings. The zero-order valence-corrected chi connectivity index (χ0v) is 24.3. The van der Waals surface area contributed by atoms with Gasteiger partial charge in [0, 0.05) is 49.3 Å². The predicted molar refractivity (Wildman–Crippen MR) is 154 cm³/mol. The SMILES string of the molecule is C/C(=C\C=C\[C@@H](C)c1ccccn1)C1OC(=O)C[C@H](O)CC[C@@](C)(O)[C@H]([C@H]2CN(C)CCN2C(=O)O)/C=C/[C@@H]1C. The number of cyclic esters (lactones) is 1. The quantitative estimate of drug-likeness (QED) is 0.283. The molecule has 2 aliphatic heterocycles. The number of hydrogen-bond acceptors (Lipinski definition) is 7. The summed E-state index contributed by atoms with van der Waals surface area (Å²) in [4.78, 5) is 32.8. The minimum Gasteiger partial charge on any atom is -0.465 e. The second-order valence-corrected chi connectivity index (χ2v) is 11.6. The molecular formula is C31H45N3O6. The van der Waals surface area contributed by atoms with Crippen LogP contribution in [0.2, 0.25) is 0 Å². The Morgan fingerprint density at radius 3 is 2.70 bits per heavy atom. The van der Waals surface area contributed by atoms with Crippen molar-refractivity contribution in [2.75, 3.05) is 26.7 Å². The monoisotopic (exact) mass is 555 g/mol. The van der Waals surface area contributed by atoms with Crippen molar-refractivity contribution in [2.24, 2.45) is 11.8 Å². The van der Waals surface area contributed by atoms with Crippen molar-refractivity contribution in [2.45, 2.75) is 76.7 Å². The molecule has 0 aliphatic carbocycles. The number of aliphatic hydroxyl groups is 2. The molecule has 0 spiro atoms. The van der Waals surface area contributed by atoms with Gasteiger partial charge in [-0.1, -0.05) is 50.3 Å². The number of ether oxygens (including phenoxy) is 1. The lowest BCUT2D eigenvalue weighted by Crippen LogP contribution is -2.60. The van der Waals surface area contributed by atoms with Crippen LogP contribution in [0.5, 0.6) is 0 Å². The molecule has 0 radical (unpaired) electrons. The third-order valence-electron chi connectivity index (χ3n) is 8.11. The molecule has 7 atom stereocenters. The van der Waals surface area contributed by atoms with E-state index in [1.807, 2.05) is 69.5 Å². The van der Waals surface area contributed by atoms with Crippen LogP contribution in [0, 0.1) is 11.8 Å². The highest BCUT2D eigenvalue weighted by Crippen LogP contribution is 2.34. The number of pyridine rings is 1. The number of esters is 1. The first kappa shape index (κ1) is 31.5. The first-order valence-electron chi connectivity index (χ1n) is 14.1. The van der Waals surface area contributed by atoms with Gasteiger partial charge >= 0.3 is 12.1 Å². The van der Waals surface area contributed by atoms with Gasteiger partial charge in [-0.3, -0.25) is 9.78 Å².